The quantitative estimate of drug-likeness (QED) is 0.798. The number of nitrogens with one attached hydrogen (secondary N) is 1. The number of hydrogen-bond donors (Lipinski definition) is 1. The second-order valence-electron chi connectivity index (χ2n) is 6.38. The van der Waals surface area contributed by atoms with Gasteiger partial charge in [-0.25, -0.2) is 0 Å². The average molecular weight is 345 g/mol. The zero-order chi connectivity index (χ0) is 18.4. The minimum absolute atomic E-state index is 0.00700. The first-order valence-corrected chi connectivity index (χ1v) is 8.41. The molecule has 1 N–H and O–H groups in total. The van der Waals surface area contributed by atoms with E-state index in [9.17, 15) is 4.79 Å². The fraction of sp³-hybridized carbons (Fsp3) is 0.474. The van der Waals surface area contributed by atoms with Gasteiger partial charge in [-0.1, -0.05) is 13.0 Å². The van der Waals surface area contributed by atoms with Crippen LogP contribution in [0, 0.1) is 19.8 Å². The summed E-state index contributed by atoms with van der Waals surface area (Å²) < 4.78 is 12.5. The number of ether oxygens (including phenoxy) is 2. The zero-order valence-electron chi connectivity index (χ0n) is 15.6. The van der Waals surface area contributed by atoms with Gasteiger partial charge in [0, 0.05) is 18.8 Å². The Kier molecular flexibility index (Phi) is 6.44. The van der Waals surface area contributed by atoms with Gasteiger partial charge in [0.05, 0.1) is 26.3 Å². The van der Waals surface area contributed by atoms with Gasteiger partial charge in [-0.05, 0) is 43.5 Å². The van der Waals surface area contributed by atoms with Gasteiger partial charge in [0.25, 0.3) is 0 Å². The molecule has 0 saturated carbocycles. The molecule has 1 heterocycles. The molecule has 1 unspecified atom stereocenters. The fourth-order valence-corrected chi connectivity index (χ4v) is 2.75. The van der Waals surface area contributed by atoms with Crippen LogP contribution in [0.15, 0.2) is 24.3 Å². The van der Waals surface area contributed by atoms with Crippen molar-refractivity contribution in [1.82, 2.24) is 15.1 Å². The molecule has 1 aromatic heterocycles. The van der Waals surface area contributed by atoms with Crippen molar-refractivity contribution >= 4 is 5.91 Å². The SMILES string of the molecule is COc1ccc(CC(=O)NCC(C)Cn2nc(C)cc2C)cc1OC. The van der Waals surface area contributed by atoms with Gasteiger partial charge in [0.2, 0.25) is 5.91 Å². The van der Waals surface area contributed by atoms with Crippen molar-refractivity contribution in [2.75, 3.05) is 20.8 Å². The number of carbonyl (C=O) groups excluding carboxylic acids is 1. The molecule has 0 saturated heterocycles. The highest BCUT2D eigenvalue weighted by Crippen LogP contribution is 2.27. The average Bonchev–Trinajstić information content (AvgIpc) is 2.90. The molecule has 0 aliphatic rings. The van der Waals surface area contributed by atoms with E-state index in [4.69, 9.17) is 9.47 Å². The van der Waals surface area contributed by atoms with Gasteiger partial charge in [0.15, 0.2) is 11.5 Å². The highest BCUT2D eigenvalue weighted by Gasteiger charge is 2.11. The van der Waals surface area contributed by atoms with Gasteiger partial charge in [-0.15, -0.1) is 0 Å². The Bertz CT molecular complexity index is 725. The van der Waals surface area contributed by atoms with E-state index in [0.29, 0.717) is 30.4 Å². The van der Waals surface area contributed by atoms with Crippen LogP contribution in [0.4, 0.5) is 0 Å². The summed E-state index contributed by atoms with van der Waals surface area (Å²) >= 11 is 0. The molecule has 2 aromatic rings. The van der Waals surface area contributed by atoms with Crippen LogP contribution in [-0.2, 0) is 17.8 Å². The lowest BCUT2D eigenvalue weighted by molar-refractivity contribution is -0.120. The van der Waals surface area contributed by atoms with E-state index in [0.717, 1.165) is 23.5 Å². The number of amides is 1. The highest BCUT2D eigenvalue weighted by atomic mass is 16.5. The zero-order valence-corrected chi connectivity index (χ0v) is 15.6. The van der Waals surface area contributed by atoms with Crippen molar-refractivity contribution in [2.24, 2.45) is 5.92 Å². The number of aryl methyl sites for hydroxylation is 2. The molecule has 6 nitrogen and oxygen atoms in total. The van der Waals surface area contributed by atoms with Gasteiger partial charge in [-0.3, -0.25) is 9.48 Å². The van der Waals surface area contributed by atoms with Crippen LogP contribution >= 0.6 is 0 Å². The van der Waals surface area contributed by atoms with Crippen molar-refractivity contribution in [3.8, 4) is 11.5 Å². The smallest absolute Gasteiger partial charge is 0.224 e. The van der Waals surface area contributed by atoms with Crippen LogP contribution in [-0.4, -0.2) is 36.5 Å². The molecule has 0 aliphatic carbocycles. The summed E-state index contributed by atoms with van der Waals surface area (Å²) in [6.45, 7) is 7.54. The van der Waals surface area contributed by atoms with E-state index in [1.807, 2.05) is 36.7 Å². The lowest BCUT2D eigenvalue weighted by atomic mass is 10.1. The topological polar surface area (TPSA) is 65.4 Å². The fourth-order valence-electron chi connectivity index (χ4n) is 2.75. The summed E-state index contributed by atoms with van der Waals surface area (Å²) in [5.74, 6) is 1.58. The van der Waals surface area contributed by atoms with Gasteiger partial charge >= 0.3 is 0 Å². The third-order valence-electron chi connectivity index (χ3n) is 4.05. The van der Waals surface area contributed by atoms with Crippen LogP contribution in [0.1, 0.15) is 23.9 Å². The molecule has 0 spiro atoms. The Hall–Kier alpha value is -2.50. The summed E-state index contributed by atoms with van der Waals surface area (Å²) in [5, 5.41) is 7.45. The normalized spacial score (nSPS) is 11.9. The predicted molar refractivity (Wildman–Crippen MR) is 97.1 cm³/mol. The van der Waals surface area contributed by atoms with Crippen molar-refractivity contribution in [1.29, 1.82) is 0 Å². The monoisotopic (exact) mass is 345 g/mol. The summed E-state index contributed by atoms with van der Waals surface area (Å²) in [5.41, 5.74) is 3.05. The maximum absolute atomic E-state index is 12.2. The molecule has 0 bridgehead atoms. The second-order valence-corrected chi connectivity index (χ2v) is 6.38. The molecule has 0 aliphatic heterocycles. The lowest BCUT2D eigenvalue weighted by Crippen LogP contribution is -2.31. The summed E-state index contributed by atoms with van der Waals surface area (Å²) in [6.07, 6.45) is 0.312. The van der Waals surface area contributed by atoms with E-state index in [1.54, 1.807) is 14.2 Å². The van der Waals surface area contributed by atoms with E-state index in [-0.39, 0.29) is 5.91 Å². The molecule has 6 heteroatoms. The Morgan fingerprint density at radius 2 is 1.92 bits per heavy atom. The number of benzene rings is 1. The number of aromatic nitrogens is 2. The molecule has 1 atom stereocenters. The van der Waals surface area contributed by atoms with Crippen molar-refractivity contribution in [3.63, 3.8) is 0 Å². The number of methoxy groups -OCH3 is 2. The molecule has 25 heavy (non-hydrogen) atoms. The molecule has 1 aromatic carbocycles. The first kappa shape index (κ1) is 18.8. The maximum atomic E-state index is 12.2. The van der Waals surface area contributed by atoms with Gasteiger partial charge in [-0.2, -0.15) is 5.10 Å². The molecule has 1 amide bonds. The Morgan fingerprint density at radius 3 is 2.52 bits per heavy atom. The van der Waals surface area contributed by atoms with Crippen LogP contribution in [0.25, 0.3) is 0 Å². The van der Waals surface area contributed by atoms with Crippen LogP contribution in [0.2, 0.25) is 0 Å². The minimum atomic E-state index is -0.00700. The summed E-state index contributed by atoms with van der Waals surface area (Å²) in [6, 6.07) is 7.58. The van der Waals surface area contributed by atoms with Crippen LogP contribution in [0.3, 0.4) is 0 Å². The number of carbonyl (C=O) groups is 1. The van der Waals surface area contributed by atoms with E-state index in [2.05, 4.69) is 23.4 Å². The second kappa shape index (κ2) is 8.55. The Morgan fingerprint density at radius 1 is 1.20 bits per heavy atom. The minimum Gasteiger partial charge on any atom is -0.493 e. The molecule has 2 rings (SSSR count). The lowest BCUT2D eigenvalue weighted by Gasteiger charge is -2.14. The van der Waals surface area contributed by atoms with Gasteiger partial charge < -0.3 is 14.8 Å². The van der Waals surface area contributed by atoms with Crippen molar-refractivity contribution < 1.29 is 14.3 Å². The van der Waals surface area contributed by atoms with E-state index >= 15 is 0 Å². The predicted octanol–water partition coefficient (Wildman–Crippen LogP) is 2.51. The number of nitrogens with zero attached hydrogens (tertiary/aromatic N) is 2. The number of rotatable bonds is 8. The number of hydrogen-bond acceptors (Lipinski definition) is 4. The largest absolute Gasteiger partial charge is 0.493 e. The third kappa shape index (κ3) is 5.24. The van der Waals surface area contributed by atoms with Crippen molar-refractivity contribution in [3.05, 3.63) is 41.2 Å². The third-order valence-corrected chi connectivity index (χ3v) is 4.05. The summed E-state index contributed by atoms with van der Waals surface area (Å²) in [4.78, 5) is 12.2. The van der Waals surface area contributed by atoms with Crippen LogP contribution < -0.4 is 14.8 Å². The molecular formula is C19H27N3O3. The first-order valence-electron chi connectivity index (χ1n) is 8.41. The molecule has 0 fully saturated rings. The first-order chi connectivity index (χ1) is 11.9. The molecule has 0 radical (unpaired) electrons. The standard InChI is InChI=1S/C19H27N3O3/c1-13(12-22-15(3)8-14(2)21-22)11-20-19(23)10-16-6-7-17(24-4)18(9-16)25-5/h6-9,13H,10-12H2,1-5H3,(H,20,23). The van der Waals surface area contributed by atoms with E-state index in [1.165, 1.54) is 0 Å². The maximum Gasteiger partial charge on any atom is 0.224 e. The van der Waals surface area contributed by atoms with Gasteiger partial charge in [0.1, 0.15) is 0 Å². The van der Waals surface area contributed by atoms with Crippen LogP contribution in [0.5, 0.6) is 11.5 Å². The van der Waals surface area contributed by atoms with Crippen molar-refractivity contribution in [2.45, 2.75) is 33.7 Å². The summed E-state index contributed by atoms with van der Waals surface area (Å²) in [7, 11) is 3.18. The molecule has 136 valence electrons. The highest BCUT2D eigenvalue weighted by molar-refractivity contribution is 5.78. The Labute approximate surface area is 149 Å². The molecular weight excluding hydrogens is 318 g/mol. The Balaban J connectivity index is 1.85. The van der Waals surface area contributed by atoms with E-state index < -0.39 is 0 Å².